The molecule has 1 aliphatic heterocycles. The Morgan fingerprint density at radius 3 is 2.56 bits per heavy atom. The third-order valence-corrected chi connectivity index (χ3v) is 6.82. The van der Waals surface area contributed by atoms with Gasteiger partial charge in [0, 0.05) is 42.2 Å². The van der Waals surface area contributed by atoms with Crippen LogP contribution in [0.1, 0.15) is 4.88 Å². The van der Waals surface area contributed by atoms with Crippen molar-refractivity contribution in [2.24, 2.45) is 0 Å². The first-order valence-corrected chi connectivity index (χ1v) is 10.6. The van der Waals surface area contributed by atoms with Gasteiger partial charge in [0.15, 0.2) is 0 Å². The average Bonchev–Trinajstić information content (AvgIpc) is 2.99. The standard InChI is InChI=1S/C21H20ClNOS2.ClH/c1-23(2)9-10-24-13-15-12-17-16-5-3-4-6-19(16)26-20-8-7-14(22)11-18(20)21(17)25-15;/h3-8,11-12H,9-10,13H2,1-2H3;1H. The number of thiophene rings is 1. The van der Waals surface area contributed by atoms with Crippen LogP contribution in [0.15, 0.2) is 58.3 Å². The van der Waals surface area contributed by atoms with Crippen LogP contribution < -0.4 is 0 Å². The molecule has 3 aromatic rings. The zero-order valence-electron chi connectivity index (χ0n) is 15.2. The monoisotopic (exact) mass is 437 g/mol. The molecule has 1 aromatic heterocycles. The molecule has 2 aromatic carbocycles. The maximum absolute atomic E-state index is 6.31. The molecule has 2 nitrogen and oxygen atoms in total. The van der Waals surface area contributed by atoms with E-state index >= 15 is 0 Å². The first-order valence-electron chi connectivity index (χ1n) is 8.54. The topological polar surface area (TPSA) is 12.5 Å². The first-order chi connectivity index (χ1) is 12.6. The van der Waals surface area contributed by atoms with Gasteiger partial charge >= 0.3 is 0 Å². The van der Waals surface area contributed by atoms with E-state index in [1.54, 1.807) is 0 Å². The summed E-state index contributed by atoms with van der Waals surface area (Å²) in [6.07, 6.45) is 0. The van der Waals surface area contributed by atoms with Gasteiger partial charge < -0.3 is 9.64 Å². The predicted octanol–water partition coefficient (Wildman–Crippen LogP) is 6.70. The summed E-state index contributed by atoms with van der Waals surface area (Å²) in [6, 6.07) is 17.1. The third-order valence-electron chi connectivity index (χ3n) is 4.29. The summed E-state index contributed by atoms with van der Waals surface area (Å²) < 4.78 is 5.88. The maximum Gasteiger partial charge on any atom is 0.0810 e. The fraction of sp³-hybridized carbons (Fsp3) is 0.238. The van der Waals surface area contributed by atoms with Gasteiger partial charge in [0.1, 0.15) is 0 Å². The Bertz CT molecular complexity index is 940. The number of fused-ring (bicyclic) bond motifs is 5. The Balaban J connectivity index is 0.00000210. The lowest BCUT2D eigenvalue weighted by Crippen LogP contribution is -2.17. The molecule has 142 valence electrons. The Morgan fingerprint density at radius 2 is 1.74 bits per heavy atom. The van der Waals surface area contributed by atoms with Crippen molar-refractivity contribution in [3.05, 3.63) is 58.4 Å². The molecule has 0 amide bonds. The molecule has 0 bridgehead atoms. The molecule has 27 heavy (non-hydrogen) atoms. The Kier molecular flexibility index (Phi) is 6.90. The minimum atomic E-state index is 0. The number of hydrogen-bond donors (Lipinski definition) is 0. The van der Waals surface area contributed by atoms with Gasteiger partial charge in [-0.1, -0.05) is 41.6 Å². The quantitative estimate of drug-likeness (QED) is 0.322. The van der Waals surface area contributed by atoms with Crippen LogP contribution in [0, 0.1) is 0 Å². The molecule has 0 spiro atoms. The van der Waals surface area contributed by atoms with Gasteiger partial charge in [0.05, 0.1) is 13.2 Å². The van der Waals surface area contributed by atoms with Crippen LogP contribution >= 0.6 is 47.1 Å². The SMILES string of the molecule is CN(C)CCOCc1cc2c(s1)-c1cc(Cl)ccc1Sc1ccccc1-2.Cl. The molecule has 6 heteroatoms. The zero-order valence-corrected chi connectivity index (χ0v) is 18.4. The number of ether oxygens (including phenoxy) is 1. The molecule has 4 rings (SSSR count). The summed E-state index contributed by atoms with van der Waals surface area (Å²) in [5, 5.41) is 0.776. The summed E-state index contributed by atoms with van der Waals surface area (Å²) in [4.78, 5) is 7.21. The predicted molar refractivity (Wildman–Crippen MR) is 120 cm³/mol. The van der Waals surface area contributed by atoms with Crippen LogP contribution in [0.2, 0.25) is 5.02 Å². The molecule has 0 saturated carbocycles. The van der Waals surface area contributed by atoms with Crippen LogP contribution in [0.25, 0.3) is 21.6 Å². The van der Waals surface area contributed by atoms with Gasteiger partial charge in [0.2, 0.25) is 0 Å². The highest BCUT2D eigenvalue weighted by Crippen LogP contribution is 2.51. The summed E-state index contributed by atoms with van der Waals surface area (Å²) in [5.41, 5.74) is 3.79. The molecule has 1 aliphatic rings. The van der Waals surface area contributed by atoms with E-state index in [9.17, 15) is 0 Å². The van der Waals surface area contributed by atoms with Crippen molar-refractivity contribution in [2.45, 2.75) is 16.4 Å². The second kappa shape index (κ2) is 8.99. The van der Waals surface area contributed by atoms with Gasteiger partial charge in [-0.2, -0.15) is 0 Å². The van der Waals surface area contributed by atoms with Crippen molar-refractivity contribution in [1.82, 2.24) is 4.90 Å². The number of halogens is 2. The number of rotatable bonds is 5. The summed E-state index contributed by atoms with van der Waals surface area (Å²) in [6.45, 7) is 2.32. The lowest BCUT2D eigenvalue weighted by molar-refractivity contribution is 0.107. The molecule has 0 fully saturated rings. The molecule has 0 unspecified atom stereocenters. The van der Waals surface area contributed by atoms with Gasteiger partial charge in [-0.25, -0.2) is 0 Å². The highest BCUT2D eigenvalue weighted by atomic mass is 35.5. The zero-order chi connectivity index (χ0) is 18.1. The van der Waals surface area contributed by atoms with E-state index in [1.807, 2.05) is 29.2 Å². The van der Waals surface area contributed by atoms with Gasteiger partial charge in [-0.05, 0) is 50.0 Å². The Labute approximate surface area is 179 Å². The molecule has 0 N–H and O–H groups in total. The first kappa shape index (κ1) is 20.7. The van der Waals surface area contributed by atoms with Gasteiger partial charge in [-0.3, -0.25) is 0 Å². The van der Waals surface area contributed by atoms with E-state index in [0.717, 1.165) is 18.2 Å². The van der Waals surface area contributed by atoms with E-state index in [0.29, 0.717) is 6.61 Å². The molecule has 0 aliphatic carbocycles. The largest absolute Gasteiger partial charge is 0.375 e. The summed E-state index contributed by atoms with van der Waals surface area (Å²) >= 11 is 9.94. The Morgan fingerprint density at radius 1 is 0.963 bits per heavy atom. The minimum absolute atomic E-state index is 0. The van der Waals surface area contributed by atoms with Crippen LogP contribution in [-0.4, -0.2) is 32.1 Å². The second-order valence-corrected chi connectivity index (χ2v) is 9.21. The smallest absolute Gasteiger partial charge is 0.0810 e. The second-order valence-electron chi connectivity index (χ2n) is 6.55. The van der Waals surface area contributed by atoms with E-state index in [2.05, 4.69) is 61.5 Å². The molecule has 0 radical (unpaired) electrons. The van der Waals surface area contributed by atoms with E-state index in [1.165, 1.54) is 36.2 Å². The third kappa shape index (κ3) is 4.53. The van der Waals surface area contributed by atoms with E-state index in [-0.39, 0.29) is 12.4 Å². The number of nitrogens with zero attached hydrogens (tertiary/aromatic N) is 1. The lowest BCUT2D eigenvalue weighted by Gasteiger charge is -2.09. The normalized spacial score (nSPS) is 12.0. The fourth-order valence-electron chi connectivity index (χ4n) is 3.00. The van der Waals surface area contributed by atoms with Crippen LogP contribution in [0.5, 0.6) is 0 Å². The highest BCUT2D eigenvalue weighted by molar-refractivity contribution is 7.99. The number of benzene rings is 2. The molecule has 2 heterocycles. The minimum Gasteiger partial charge on any atom is -0.375 e. The van der Waals surface area contributed by atoms with E-state index in [4.69, 9.17) is 16.3 Å². The molecule has 0 saturated heterocycles. The fourth-order valence-corrected chi connectivity index (χ4v) is 5.45. The average molecular weight is 438 g/mol. The van der Waals surface area contributed by atoms with Crippen molar-refractivity contribution in [3.8, 4) is 21.6 Å². The molecular weight excluding hydrogens is 417 g/mol. The van der Waals surface area contributed by atoms with E-state index < -0.39 is 0 Å². The Hall–Kier alpha value is -1.01. The van der Waals surface area contributed by atoms with Crippen molar-refractivity contribution in [2.75, 3.05) is 27.2 Å². The molecule has 0 atom stereocenters. The summed E-state index contributed by atoms with van der Waals surface area (Å²) in [5.74, 6) is 0. The van der Waals surface area contributed by atoms with Gasteiger partial charge in [-0.15, -0.1) is 23.7 Å². The van der Waals surface area contributed by atoms with Gasteiger partial charge in [0.25, 0.3) is 0 Å². The van der Waals surface area contributed by atoms with Crippen LogP contribution in [0.3, 0.4) is 0 Å². The highest BCUT2D eigenvalue weighted by Gasteiger charge is 2.22. The van der Waals surface area contributed by atoms with Crippen LogP contribution in [-0.2, 0) is 11.3 Å². The van der Waals surface area contributed by atoms with Crippen molar-refractivity contribution in [1.29, 1.82) is 0 Å². The maximum atomic E-state index is 6.31. The van der Waals surface area contributed by atoms with Crippen molar-refractivity contribution < 1.29 is 4.74 Å². The van der Waals surface area contributed by atoms with Crippen molar-refractivity contribution in [3.63, 3.8) is 0 Å². The number of likely N-dealkylation sites (N-methyl/N-ethyl adjacent to an activating group) is 1. The van der Waals surface area contributed by atoms with Crippen LogP contribution in [0.4, 0.5) is 0 Å². The number of hydrogen-bond acceptors (Lipinski definition) is 4. The van der Waals surface area contributed by atoms with Crippen molar-refractivity contribution >= 4 is 47.1 Å². The molecular formula is C21H21Cl2NOS2. The summed E-state index contributed by atoms with van der Waals surface area (Å²) in [7, 11) is 4.12. The lowest BCUT2D eigenvalue weighted by atomic mass is 10.0.